The number of aryl methyl sites for hydroxylation is 1. The zero-order valence-electron chi connectivity index (χ0n) is 10.8. The van der Waals surface area contributed by atoms with E-state index in [0.29, 0.717) is 26.3 Å². The maximum absolute atomic E-state index is 12.0. The number of ether oxygens (including phenoxy) is 1. The molecule has 1 unspecified atom stereocenters. The third-order valence-corrected chi connectivity index (χ3v) is 4.25. The van der Waals surface area contributed by atoms with Crippen LogP contribution in [0, 0.1) is 0 Å². The fraction of sp³-hybridized carbons (Fsp3) is 0.667. The summed E-state index contributed by atoms with van der Waals surface area (Å²) in [6, 6.07) is -0.0651. The minimum Gasteiger partial charge on any atom is -0.378 e. The molecule has 1 atom stereocenters. The van der Waals surface area contributed by atoms with Gasteiger partial charge in [0.05, 0.1) is 19.3 Å². The molecule has 1 aliphatic heterocycles. The monoisotopic (exact) mass is 269 g/mol. The largest absolute Gasteiger partial charge is 0.378 e. The summed E-state index contributed by atoms with van der Waals surface area (Å²) in [6.45, 7) is 6.65. The van der Waals surface area contributed by atoms with Crippen molar-refractivity contribution in [3.8, 4) is 0 Å². The summed E-state index contributed by atoms with van der Waals surface area (Å²) in [6.07, 6.45) is 2.87. The number of rotatable bonds is 3. The molecule has 18 heavy (non-hydrogen) atoms. The second-order valence-corrected chi connectivity index (χ2v) is 5.44. The topological polar surface area (TPSA) is 54.5 Å². The molecule has 1 aliphatic rings. The summed E-state index contributed by atoms with van der Waals surface area (Å²) in [5.41, 5.74) is 0. The van der Waals surface area contributed by atoms with Crippen LogP contribution in [0.2, 0.25) is 0 Å². The van der Waals surface area contributed by atoms with Crippen molar-refractivity contribution in [1.82, 2.24) is 15.2 Å². The van der Waals surface area contributed by atoms with E-state index in [-0.39, 0.29) is 12.1 Å². The molecule has 1 fully saturated rings. The standard InChI is InChI=1S/C12H19N3O2S/c1-3-10-8-13-11(18-10)9(2)14-12(16)15-4-6-17-7-5-15/h8-9H,3-7H2,1-2H3,(H,14,16). The Morgan fingerprint density at radius 1 is 1.61 bits per heavy atom. The van der Waals surface area contributed by atoms with Crippen LogP contribution in [0.3, 0.4) is 0 Å². The highest BCUT2D eigenvalue weighted by Crippen LogP contribution is 2.20. The average molecular weight is 269 g/mol. The Hall–Kier alpha value is -1.14. The lowest BCUT2D eigenvalue weighted by atomic mass is 10.3. The van der Waals surface area contributed by atoms with Gasteiger partial charge in [-0.1, -0.05) is 6.92 Å². The maximum Gasteiger partial charge on any atom is 0.318 e. The van der Waals surface area contributed by atoms with E-state index in [4.69, 9.17) is 4.74 Å². The van der Waals surface area contributed by atoms with E-state index in [1.165, 1.54) is 4.88 Å². The third-order valence-electron chi connectivity index (χ3n) is 2.93. The molecule has 1 N–H and O–H groups in total. The Kier molecular flexibility index (Phi) is 4.54. The van der Waals surface area contributed by atoms with Crippen molar-refractivity contribution in [2.24, 2.45) is 0 Å². The minimum absolute atomic E-state index is 0.0287. The summed E-state index contributed by atoms with van der Waals surface area (Å²) >= 11 is 1.66. The van der Waals surface area contributed by atoms with Gasteiger partial charge in [0.15, 0.2) is 0 Å². The number of amides is 2. The SMILES string of the molecule is CCc1cnc(C(C)NC(=O)N2CCOCC2)s1. The van der Waals surface area contributed by atoms with Crippen molar-refractivity contribution >= 4 is 17.4 Å². The quantitative estimate of drug-likeness (QED) is 0.910. The van der Waals surface area contributed by atoms with Gasteiger partial charge in [0.1, 0.15) is 5.01 Å². The molecule has 0 aliphatic carbocycles. The molecule has 0 bridgehead atoms. The fourth-order valence-corrected chi connectivity index (χ4v) is 2.65. The van der Waals surface area contributed by atoms with E-state index >= 15 is 0 Å². The van der Waals surface area contributed by atoms with Crippen molar-refractivity contribution in [2.75, 3.05) is 26.3 Å². The lowest BCUT2D eigenvalue weighted by Gasteiger charge is -2.28. The van der Waals surface area contributed by atoms with Gasteiger partial charge in [-0.3, -0.25) is 0 Å². The smallest absolute Gasteiger partial charge is 0.318 e. The molecular formula is C12H19N3O2S. The van der Waals surface area contributed by atoms with Gasteiger partial charge < -0.3 is 15.0 Å². The highest BCUT2D eigenvalue weighted by molar-refractivity contribution is 7.11. The number of aromatic nitrogens is 1. The number of thiazole rings is 1. The normalized spacial score (nSPS) is 17.6. The highest BCUT2D eigenvalue weighted by Gasteiger charge is 2.20. The second kappa shape index (κ2) is 6.15. The summed E-state index contributed by atoms with van der Waals surface area (Å²) in [5, 5.41) is 3.95. The zero-order valence-corrected chi connectivity index (χ0v) is 11.6. The number of morpholine rings is 1. The summed E-state index contributed by atoms with van der Waals surface area (Å²) in [4.78, 5) is 19.4. The highest BCUT2D eigenvalue weighted by atomic mass is 32.1. The van der Waals surface area contributed by atoms with Crippen molar-refractivity contribution in [1.29, 1.82) is 0 Å². The predicted molar refractivity (Wildman–Crippen MR) is 70.8 cm³/mol. The number of nitrogens with one attached hydrogen (secondary N) is 1. The average Bonchev–Trinajstić information content (AvgIpc) is 2.88. The third kappa shape index (κ3) is 3.20. The van der Waals surface area contributed by atoms with Crippen LogP contribution in [0.15, 0.2) is 6.20 Å². The van der Waals surface area contributed by atoms with E-state index < -0.39 is 0 Å². The van der Waals surface area contributed by atoms with E-state index in [2.05, 4.69) is 17.2 Å². The van der Waals surface area contributed by atoms with Gasteiger partial charge in [0.2, 0.25) is 0 Å². The molecule has 100 valence electrons. The second-order valence-electron chi connectivity index (χ2n) is 4.29. The molecule has 1 aromatic heterocycles. The molecule has 0 spiro atoms. The van der Waals surface area contributed by atoms with Gasteiger partial charge in [-0.25, -0.2) is 9.78 Å². The van der Waals surface area contributed by atoms with E-state index in [1.807, 2.05) is 13.1 Å². The fourth-order valence-electron chi connectivity index (χ4n) is 1.79. The number of hydrogen-bond acceptors (Lipinski definition) is 4. The van der Waals surface area contributed by atoms with Crippen LogP contribution in [0.1, 0.15) is 29.8 Å². The Balaban J connectivity index is 1.89. The lowest BCUT2D eigenvalue weighted by Crippen LogP contribution is -2.46. The Labute approximate surface area is 111 Å². The van der Waals surface area contributed by atoms with Crippen LogP contribution in [0.4, 0.5) is 4.79 Å². The first-order valence-corrected chi connectivity index (χ1v) is 7.10. The van der Waals surface area contributed by atoms with Crippen molar-refractivity contribution in [3.05, 3.63) is 16.1 Å². The van der Waals surface area contributed by atoms with Crippen LogP contribution in [0.5, 0.6) is 0 Å². The Morgan fingerprint density at radius 3 is 2.94 bits per heavy atom. The lowest BCUT2D eigenvalue weighted by molar-refractivity contribution is 0.0526. The van der Waals surface area contributed by atoms with E-state index in [1.54, 1.807) is 16.2 Å². The van der Waals surface area contributed by atoms with Crippen LogP contribution in [0.25, 0.3) is 0 Å². The van der Waals surface area contributed by atoms with Gasteiger partial charge in [0, 0.05) is 24.2 Å². The Morgan fingerprint density at radius 2 is 2.33 bits per heavy atom. The van der Waals surface area contributed by atoms with Gasteiger partial charge >= 0.3 is 6.03 Å². The molecule has 2 heterocycles. The van der Waals surface area contributed by atoms with E-state index in [9.17, 15) is 4.79 Å². The number of hydrogen-bond donors (Lipinski definition) is 1. The molecular weight excluding hydrogens is 250 g/mol. The molecule has 6 heteroatoms. The van der Waals surface area contributed by atoms with Crippen LogP contribution >= 0.6 is 11.3 Å². The van der Waals surface area contributed by atoms with Crippen LogP contribution in [-0.4, -0.2) is 42.2 Å². The van der Waals surface area contributed by atoms with Gasteiger partial charge in [-0.15, -0.1) is 11.3 Å². The summed E-state index contributed by atoms with van der Waals surface area (Å²) in [5.74, 6) is 0. The minimum atomic E-state index is -0.0364. The molecule has 2 amide bonds. The van der Waals surface area contributed by atoms with Crippen molar-refractivity contribution in [2.45, 2.75) is 26.3 Å². The molecule has 2 rings (SSSR count). The predicted octanol–water partition coefficient (Wildman–Crippen LogP) is 1.81. The summed E-state index contributed by atoms with van der Waals surface area (Å²) < 4.78 is 5.23. The number of urea groups is 1. The first-order chi connectivity index (χ1) is 8.70. The van der Waals surface area contributed by atoms with Gasteiger partial charge in [-0.2, -0.15) is 0 Å². The van der Waals surface area contributed by atoms with Crippen molar-refractivity contribution < 1.29 is 9.53 Å². The summed E-state index contributed by atoms with van der Waals surface area (Å²) in [7, 11) is 0. The van der Waals surface area contributed by atoms with E-state index in [0.717, 1.165) is 11.4 Å². The Bertz CT molecular complexity index is 402. The van der Waals surface area contributed by atoms with Crippen LogP contribution in [-0.2, 0) is 11.2 Å². The van der Waals surface area contributed by atoms with Crippen LogP contribution < -0.4 is 5.32 Å². The number of carbonyl (C=O) groups is 1. The maximum atomic E-state index is 12.0. The van der Waals surface area contributed by atoms with Gasteiger partial charge in [-0.05, 0) is 13.3 Å². The molecule has 5 nitrogen and oxygen atoms in total. The van der Waals surface area contributed by atoms with Crippen molar-refractivity contribution in [3.63, 3.8) is 0 Å². The first kappa shape index (κ1) is 13.3. The molecule has 0 radical (unpaired) electrons. The molecule has 1 aromatic rings. The molecule has 0 saturated carbocycles. The number of carbonyl (C=O) groups excluding carboxylic acids is 1. The number of nitrogens with zero attached hydrogens (tertiary/aromatic N) is 2. The zero-order chi connectivity index (χ0) is 13.0. The van der Waals surface area contributed by atoms with Gasteiger partial charge in [0.25, 0.3) is 0 Å². The molecule has 1 saturated heterocycles. The first-order valence-electron chi connectivity index (χ1n) is 6.28. The molecule has 0 aromatic carbocycles.